The highest BCUT2D eigenvalue weighted by Crippen LogP contribution is 2.30. The van der Waals surface area contributed by atoms with Gasteiger partial charge in [0, 0.05) is 37.2 Å². The van der Waals surface area contributed by atoms with Crippen LogP contribution in [0.2, 0.25) is 0 Å². The molecular weight excluding hydrogens is 326 g/mol. The number of nitrogens with one attached hydrogen (secondary N) is 2. The predicted molar refractivity (Wildman–Crippen MR) is 93.4 cm³/mol. The van der Waals surface area contributed by atoms with E-state index in [1.54, 1.807) is 35.1 Å². The lowest BCUT2D eigenvalue weighted by atomic mass is 10.1. The minimum absolute atomic E-state index is 0.0675. The van der Waals surface area contributed by atoms with Gasteiger partial charge in [0.15, 0.2) is 0 Å². The zero-order chi connectivity index (χ0) is 16.8. The van der Waals surface area contributed by atoms with Crippen molar-refractivity contribution in [2.75, 3.05) is 30.0 Å². The molecule has 7 nitrogen and oxygen atoms in total. The Hall–Kier alpha value is -1.83. The van der Waals surface area contributed by atoms with Crippen LogP contribution in [-0.2, 0) is 9.59 Å². The maximum Gasteiger partial charge on any atom is 0.243 e. The average molecular weight is 349 g/mol. The SMILES string of the molecule is O=C(NCCNc1ncccn1)C1CSCN1C(=O)C1CCCC1. The van der Waals surface area contributed by atoms with Crippen molar-refractivity contribution < 1.29 is 9.59 Å². The topological polar surface area (TPSA) is 87.2 Å². The molecule has 2 aliphatic rings. The molecule has 0 spiro atoms. The van der Waals surface area contributed by atoms with E-state index < -0.39 is 0 Å². The van der Waals surface area contributed by atoms with Crippen LogP contribution in [0.5, 0.6) is 0 Å². The molecular formula is C16H23N5O2S. The van der Waals surface area contributed by atoms with Crippen LogP contribution in [0.3, 0.4) is 0 Å². The summed E-state index contributed by atoms with van der Waals surface area (Å²) in [5.41, 5.74) is 0. The van der Waals surface area contributed by atoms with Crippen LogP contribution in [0, 0.1) is 5.92 Å². The second-order valence-electron chi connectivity index (χ2n) is 6.10. The fraction of sp³-hybridized carbons (Fsp3) is 0.625. The zero-order valence-corrected chi connectivity index (χ0v) is 14.4. The highest BCUT2D eigenvalue weighted by Gasteiger charge is 2.38. The van der Waals surface area contributed by atoms with Crippen molar-refractivity contribution in [3.05, 3.63) is 18.5 Å². The lowest BCUT2D eigenvalue weighted by Gasteiger charge is -2.25. The zero-order valence-electron chi connectivity index (χ0n) is 13.6. The van der Waals surface area contributed by atoms with Gasteiger partial charge in [0.25, 0.3) is 0 Å². The summed E-state index contributed by atoms with van der Waals surface area (Å²) in [6.07, 6.45) is 7.51. The largest absolute Gasteiger partial charge is 0.353 e. The first-order chi connectivity index (χ1) is 11.8. The van der Waals surface area contributed by atoms with Gasteiger partial charge in [-0.05, 0) is 18.9 Å². The number of carbonyl (C=O) groups is 2. The van der Waals surface area contributed by atoms with E-state index in [1.165, 1.54) is 0 Å². The van der Waals surface area contributed by atoms with Gasteiger partial charge >= 0.3 is 0 Å². The Morgan fingerprint density at radius 3 is 2.71 bits per heavy atom. The molecule has 1 saturated heterocycles. The van der Waals surface area contributed by atoms with Crippen LogP contribution >= 0.6 is 11.8 Å². The van der Waals surface area contributed by atoms with Crippen LogP contribution in [0.25, 0.3) is 0 Å². The molecule has 1 aliphatic heterocycles. The molecule has 2 amide bonds. The van der Waals surface area contributed by atoms with E-state index in [1.807, 2.05) is 0 Å². The molecule has 1 unspecified atom stereocenters. The molecule has 0 bridgehead atoms. The molecule has 1 aromatic rings. The number of amides is 2. The Balaban J connectivity index is 1.44. The van der Waals surface area contributed by atoms with Gasteiger partial charge in [-0.2, -0.15) is 0 Å². The molecule has 1 aromatic heterocycles. The van der Waals surface area contributed by atoms with Crippen molar-refractivity contribution >= 4 is 29.5 Å². The summed E-state index contributed by atoms with van der Waals surface area (Å²) in [6, 6.07) is 1.41. The van der Waals surface area contributed by atoms with Crippen LogP contribution in [0.15, 0.2) is 18.5 Å². The van der Waals surface area contributed by atoms with Crippen molar-refractivity contribution in [1.29, 1.82) is 0 Å². The third-order valence-corrected chi connectivity index (χ3v) is 5.46. The Labute approximate surface area is 146 Å². The Morgan fingerprint density at radius 2 is 1.96 bits per heavy atom. The van der Waals surface area contributed by atoms with E-state index in [4.69, 9.17) is 0 Å². The molecule has 8 heteroatoms. The first-order valence-electron chi connectivity index (χ1n) is 8.42. The molecule has 24 heavy (non-hydrogen) atoms. The van der Waals surface area contributed by atoms with Gasteiger partial charge in [-0.3, -0.25) is 9.59 Å². The van der Waals surface area contributed by atoms with Gasteiger partial charge in [0.05, 0.1) is 5.88 Å². The molecule has 2 N–H and O–H groups in total. The quantitative estimate of drug-likeness (QED) is 0.748. The standard InChI is InChI=1S/C16H23N5O2S/c22-14(17-8-9-20-16-18-6-3-7-19-16)13-10-24-11-21(13)15(23)12-4-1-2-5-12/h3,6-7,12-13H,1-2,4-5,8-11H2,(H,17,22)(H,18,19,20). The second kappa shape index (κ2) is 8.32. The molecule has 0 aromatic carbocycles. The van der Waals surface area contributed by atoms with E-state index in [0.717, 1.165) is 25.7 Å². The van der Waals surface area contributed by atoms with Crippen molar-refractivity contribution in [2.24, 2.45) is 5.92 Å². The Morgan fingerprint density at radius 1 is 1.21 bits per heavy atom. The van der Waals surface area contributed by atoms with E-state index >= 15 is 0 Å². The maximum atomic E-state index is 12.6. The number of hydrogen-bond donors (Lipinski definition) is 2. The molecule has 2 fully saturated rings. The number of nitrogens with zero attached hydrogens (tertiary/aromatic N) is 3. The first kappa shape index (κ1) is 17.0. The Bertz CT molecular complexity index is 565. The van der Waals surface area contributed by atoms with Crippen molar-refractivity contribution in [1.82, 2.24) is 20.2 Å². The van der Waals surface area contributed by atoms with E-state index in [-0.39, 0.29) is 23.8 Å². The minimum Gasteiger partial charge on any atom is -0.353 e. The number of thioether (sulfide) groups is 1. The van der Waals surface area contributed by atoms with Gasteiger partial charge in [-0.15, -0.1) is 11.8 Å². The summed E-state index contributed by atoms with van der Waals surface area (Å²) in [5.74, 6) is 2.07. The lowest BCUT2D eigenvalue weighted by Crippen LogP contribution is -2.49. The van der Waals surface area contributed by atoms with Crippen LogP contribution in [-0.4, -0.2) is 57.4 Å². The van der Waals surface area contributed by atoms with E-state index in [2.05, 4.69) is 20.6 Å². The van der Waals surface area contributed by atoms with Gasteiger partial charge in [-0.1, -0.05) is 12.8 Å². The lowest BCUT2D eigenvalue weighted by molar-refractivity contribution is -0.141. The summed E-state index contributed by atoms with van der Waals surface area (Å²) < 4.78 is 0. The summed E-state index contributed by atoms with van der Waals surface area (Å²) in [4.78, 5) is 34.9. The number of aromatic nitrogens is 2. The summed E-state index contributed by atoms with van der Waals surface area (Å²) in [7, 11) is 0. The van der Waals surface area contributed by atoms with Gasteiger partial charge in [0.1, 0.15) is 6.04 Å². The van der Waals surface area contributed by atoms with Crippen LogP contribution in [0.4, 0.5) is 5.95 Å². The number of rotatable bonds is 6. The average Bonchev–Trinajstić information content (AvgIpc) is 3.30. The smallest absolute Gasteiger partial charge is 0.243 e. The van der Waals surface area contributed by atoms with Gasteiger partial charge in [0.2, 0.25) is 17.8 Å². The van der Waals surface area contributed by atoms with Crippen molar-refractivity contribution in [3.8, 4) is 0 Å². The third-order valence-electron chi connectivity index (χ3n) is 4.45. The van der Waals surface area contributed by atoms with Gasteiger partial charge in [-0.25, -0.2) is 9.97 Å². The molecule has 130 valence electrons. The van der Waals surface area contributed by atoms with Crippen molar-refractivity contribution in [2.45, 2.75) is 31.7 Å². The number of carbonyl (C=O) groups excluding carboxylic acids is 2. The van der Waals surface area contributed by atoms with Crippen LogP contribution in [0.1, 0.15) is 25.7 Å². The third kappa shape index (κ3) is 4.17. The summed E-state index contributed by atoms with van der Waals surface area (Å²) >= 11 is 1.65. The normalized spacial score (nSPS) is 21.0. The molecule has 1 atom stereocenters. The van der Waals surface area contributed by atoms with Crippen LogP contribution < -0.4 is 10.6 Å². The van der Waals surface area contributed by atoms with Gasteiger partial charge < -0.3 is 15.5 Å². The number of hydrogen-bond acceptors (Lipinski definition) is 6. The molecule has 0 radical (unpaired) electrons. The molecule has 2 heterocycles. The maximum absolute atomic E-state index is 12.6. The monoisotopic (exact) mass is 349 g/mol. The second-order valence-corrected chi connectivity index (χ2v) is 7.10. The highest BCUT2D eigenvalue weighted by molar-refractivity contribution is 7.99. The molecule has 3 rings (SSSR count). The molecule has 1 aliphatic carbocycles. The fourth-order valence-electron chi connectivity index (χ4n) is 3.15. The predicted octanol–water partition coefficient (Wildman–Crippen LogP) is 1.10. The summed E-state index contributed by atoms with van der Waals surface area (Å²) in [6.45, 7) is 1.02. The van der Waals surface area contributed by atoms with E-state index in [0.29, 0.717) is 30.7 Å². The molecule has 1 saturated carbocycles. The summed E-state index contributed by atoms with van der Waals surface area (Å²) in [5, 5.41) is 5.95. The first-order valence-corrected chi connectivity index (χ1v) is 9.58. The van der Waals surface area contributed by atoms with Crippen molar-refractivity contribution in [3.63, 3.8) is 0 Å². The minimum atomic E-state index is -0.337. The fourth-order valence-corrected chi connectivity index (χ4v) is 4.32. The highest BCUT2D eigenvalue weighted by atomic mass is 32.2. The van der Waals surface area contributed by atoms with E-state index in [9.17, 15) is 9.59 Å². The Kier molecular flexibility index (Phi) is 5.90. The number of anilines is 1.